The Morgan fingerprint density at radius 3 is 1.71 bits per heavy atom. The molecule has 1 nitrogen and oxygen atoms in total. The van der Waals surface area contributed by atoms with Gasteiger partial charge in [0, 0.05) is 0 Å². The summed E-state index contributed by atoms with van der Waals surface area (Å²) in [4.78, 5) is 0. The van der Waals surface area contributed by atoms with Crippen molar-refractivity contribution < 1.29 is 4.74 Å². The number of ether oxygens (including phenoxy) is 1. The molecule has 2 unspecified atom stereocenters. The first-order valence-corrected chi connectivity index (χ1v) is 9.00. The van der Waals surface area contributed by atoms with Crippen LogP contribution in [0.15, 0.2) is 37.0 Å². The van der Waals surface area contributed by atoms with E-state index in [1.165, 1.54) is 70.6 Å². The van der Waals surface area contributed by atoms with Crippen LogP contribution in [0.5, 0.6) is 0 Å². The van der Waals surface area contributed by atoms with Crippen LogP contribution >= 0.6 is 0 Å². The van der Waals surface area contributed by atoms with Crippen LogP contribution in [0.1, 0.15) is 77.6 Å². The molecule has 1 aliphatic heterocycles. The maximum absolute atomic E-state index is 5.10. The van der Waals surface area contributed by atoms with Gasteiger partial charge in [0.2, 0.25) is 0 Å². The highest BCUT2D eigenvalue weighted by Crippen LogP contribution is 2.26. The van der Waals surface area contributed by atoms with Crippen molar-refractivity contribution in [2.75, 3.05) is 0 Å². The average Bonchev–Trinajstić information content (AvgIpc) is 3.29. The summed E-state index contributed by atoms with van der Waals surface area (Å²) >= 11 is 0. The Morgan fingerprint density at radius 1 is 0.810 bits per heavy atom. The van der Waals surface area contributed by atoms with Crippen molar-refractivity contribution in [2.45, 2.75) is 89.8 Å². The predicted octanol–water partition coefficient (Wildman–Crippen LogP) is 6.36. The van der Waals surface area contributed by atoms with Gasteiger partial charge >= 0.3 is 0 Å². The molecule has 1 heteroatoms. The minimum atomic E-state index is 0.435. The largest absolute Gasteiger partial charge is 0.361 e. The lowest BCUT2D eigenvalue weighted by Gasteiger charge is -2.00. The van der Waals surface area contributed by atoms with Crippen LogP contribution in [0.2, 0.25) is 0 Å². The molecule has 0 aromatic heterocycles. The molecule has 1 heterocycles. The molecule has 0 radical (unpaired) electrons. The van der Waals surface area contributed by atoms with E-state index < -0.39 is 0 Å². The second kappa shape index (κ2) is 12.9. The molecular formula is C20H34O. The number of hydrogen-bond acceptors (Lipinski definition) is 1. The van der Waals surface area contributed by atoms with Crippen LogP contribution in [0.25, 0.3) is 0 Å². The quantitative estimate of drug-likeness (QED) is 0.245. The van der Waals surface area contributed by atoms with Gasteiger partial charge in [-0.15, -0.1) is 6.58 Å². The van der Waals surface area contributed by atoms with Crippen LogP contribution < -0.4 is 0 Å². The summed E-state index contributed by atoms with van der Waals surface area (Å²) in [5, 5.41) is 0. The molecule has 2 aliphatic rings. The Morgan fingerprint density at radius 2 is 1.29 bits per heavy atom. The van der Waals surface area contributed by atoms with Crippen molar-refractivity contribution in [3.63, 3.8) is 0 Å². The summed E-state index contributed by atoms with van der Waals surface area (Å²) in [5.74, 6) is 0. The van der Waals surface area contributed by atoms with E-state index in [4.69, 9.17) is 4.74 Å². The lowest BCUT2D eigenvalue weighted by atomic mass is 10.1. The molecule has 0 amide bonds. The molecule has 0 aromatic rings. The zero-order valence-electron chi connectivity index (χ0n) is 13.9. The van der Waals surface area contributed by atoms with Gasteiger partial charge in [-0.1, -0.05) is 95.1 Å². The van der Waals surface area contributed by atoms with Crippen molar-refractivity contribution in [1.29, 1.82) is 0 Å². The summed E-state index contributed by atoms with van der Waals surface area (Å²) < 4.78 is 5.10. The topological polar surface area (TPSA) is 12.5 Å². The Balaban J connectivity index is 0.000000255. The van der Waals surface area contributed by atoms with Gasteiger partial charge in [0.15, 0.2) is 0 Å². The van der Waals surface area contributed by atoms with Gasteiger partial charge in [0.25, 0.3) is 0 Å². The summed E-state index contributed by atoms with van der Waals surface area (Å²) in [7, 11) is 0. The second-order valence-electron chi connectivity index (χ2n) is 6.09. The Kier molecular flexibility index (Phi) is 11.2. The van der Waals surface area contributed by atoms with Crippen molar-refractivity contribution in [3.8, 4) is 0 Å². The molecular weight excluding hydrogens is 256 g/mol. The van der Waals surface area contributed by atoms with Crippen molar-refractivity contribution in [3.05, 3.63) is 37.0 Å². The molecule has 0 bridgehead atoms. The normalized spacial score (nSPS) is 21.4. The first kappa shape index (κ1) is 18.2. The number of fused-ring (bicyclic) bond motifs is 1. The molecule has 0 spiro atoms. The van der Waals surface area contributed by atoms with Crippen molar-refractivity contribution in [2.24, 2.45) is 0 Å². The first-order valence-electron chi connectivity index (χ1n) is 9.00. The lowest BCUT2D eigenvalue weighted by molar-refractivity contribution is 0.414. The van der Waals surface area contributed by atoms with Gasteiger partial charge < -0.3 is 4.74 Å². The molecule has 120 valence electrons. The van der Waals surface area contributed by atoms with E-state index in [0.29, 0.717) is 12.2 Å². The van der Waals surface area contributed by atoms with Crippen LogP contribution in [0.4, 0.5) is 0 Å². The third-order valence-electron chi connectivity index (χ3n) is 4.04. The summed E-state index contributed by atoms with van der Waals surface area (Å²) in [6.45, 7) is 6.01. The number of epoxide rings is 1. The minimum absolute atomic E-state index is 0.435. The van der Waals surface area contributed by atoms with Crippen LogP contribution in [0, 0.1) is 0 Å². The number of unbranched alkanes of at least 4 members (excludes halogenated alkanes) is 10. The maximum atomic E-state index is 5.10. The Hall–Kier alpha value is -0.820. The Labute approximate surface area is 132 Å². The zero-order chi connectivity index (χ0) is 15.2. The highest BCUT2D eigenvalue weighted by Gasteiger charge is 2.34. The van der Waals surface area contributed by atoms with Gasteiger partial charge in [0.05, 0.1) is 0 Å². The van der Waals surface area contributed by atoms with E-state index in [1.54, 1.807) is 0 Å². The van der Waals surface area contributed by atoms with Crippen LogP contribution in [-0.2, 0) is 4.74 Å². The van der Waals surface area contributed by atoms with Gasteiger partial charge in [0.1, 0.15) is 12.2 Å². The van der Waals surface area contributed by atoms with E-state index in [0.717, 1.165) is 0 Å². The standard InChI is InChI=1S/C14H28.C6H6O/c1-3-5-7-9-11-13-14-12-10-8-6-4-2;1-2-4-6-5(3-1)7-6/h3H,1,4-14H2,2H3;1-6H. The maximum Gasteiger partial charge on any atom is 0.107 e. The highest BCUT2D eigenvalue weighted by molar-refractivity contribution is 5.22. The molecule has 2 rings (SSSR count). The molecule has 1 aliphatic carbocycles. The van der Waals surface area contributed by atoms with E-state index in [9.17, 15) is 0 Å². The molecule has 1 saturated heterocycles. The van der Waals surface area contributed by atoms with Gasteiger partial charge in [-0.3, -0.25) is 0 Å². The lowest BCUT2D eigenvalue weighted by Crippen LogP contribution is -1.86. The third kappa shape index (κ3) is 10.5. The number of rotatable bonds is 11. The van der Waals surface area contributed by atoms with Crippen molar-refractivity contribution in [1.82, 2.24) is 0 Å². The second-order valence-corrected chi connectivity index (χ2v) is 6.09. The van der Waals surface area contributed by atoms with Gasteiger partial charge in [-0.25, -0.2) is 0 Å². The first-order chi connectivity index (χ1) is 10.4. The summed E-state index contributed by atoms with van der Waals surface area (Å²) in [6.07, 6.45) is 26.5. The number of hydrogen-bond donors (Lipinski definition) is 0. The Bertz CT molecular complexity index is 287. The monoisotopic (exact) mass is 290 g/mol. The average molecular weight is 290 g/mol. The fraction of sp³-hybridized carbons (Fsp3) is 0.700. The smallest absolute Gasteiger partial charge is 0.107 e. The van der Waals surface area contributed by atoms with Crippen molar-refractivity contribution >= 4 is 0 Å². The van der Waals surface area contributed by atoms with E-state index in [2.05, 4.69) is 25.7 Å². The van der Waals surface area contributed by atoms with Crippen LogP contribution in [0.3, 0.4) is 0 Å². The summed E-state index contributed by atoms with van der Waals surface area (Å²) in [5.41, 5.74) is 0. The van der Waals surface area contributed by atoms with Gasteiger partial charge in [-0.05, 0) is 12.8 Å². The van der Waals surface area contributed by atoms with E-state index in [-0.39, 0.29) is 0 Å². The van der Waals surface area contributed by atoms with E-state index in [1.807, 2.05) is 18.2 Å². The van der Waals surface area contributed by atoms with E-state index >= 15 is 0 Å². The molecule has 2 atom stereocenters. The predicted molar refractivity (Wildman–Crippen MR) is 93.6 cm³/mol. The molecule has 0 saturated carbocycles. The summed E-state index contributed by atoms with van der Waals surface area (Å²) in [6, 6.07) is 0. The fourth-order valence-corrected chi connectivity index (χ4v) is 2.57. The number of allylic oxidation sites excluding steroid dienone is 3. The van der Waals surface area contributed by atoms with Crippen LogP contribution in [-0.4, -0.2) is 12.2 Å². The fourth-order valence-electron chi connectivity index (χ4n) is 2.57. The molecule has 1 fully saturated rings. The minimum Gasteiger partial charge on any atom is -0.361 e. The molecule has 21 heavy (non-hydrogen) atoms. The SMILES string of the molecule is C1=CC2OC2C=C1.C=CCCCCCCCCCCCC. The zero-order valence-corrected chi connectivity index (χ0v) is 13.9. The molecule has 0 N–H and O–H groups in total. The van der Waals surface area contributed by atoms with Gasteiger partial charge in [-0.2, -0.15) is 0 Å². The third-order valence-corrected chi connectivity index (χ3v) is 4.04. The highest BCUT2D eigenvalue weighted by atomic mass is 16.6. The molecule has 0 aromatic carbocycles.